The highest BCUT2D eigenvalue weighted by Gasteiger charge is 2.22. The summed E-state index contributed by atoms with van der Waals surface area (Å²) in [6.45, 7) is 2.16. The van der Waals surface area contributed by atoms with Crippen LogP contribution in [0.4, 0.5) is 0 Å². The molecule has 1 heterocycles. The fourth-order valence-corrected chi connectivity index (χ4v) is 0.344. The van der Waals surface area contributed by atoms with Gasteiger partial charge in [-0.3, -0.25) is 4.89 Å². The number of carbonyl (C=O) groups excluding carboxylic acids is 1. The van der Waals surface area contributed by atoms with Crippen LogP contribution < -0.4 is 0 Å². The van der Waals surface area contributed by atoms with E-state index in [1.54, 1.807) is 6.92 Å². The van der Waals surface area contributed by atoms with E-state index in [1.807, 2.05) is 0 Å². The first-order valence-corrected chi connectivity index (χ1v) is 2.14. The predicted octanol–water partition coefficient (Wildman–Crippen LogP) is 0.111. The number of carbonyl (C=O) groups is 1. The molecule has 0 aromatic carbocycles. The first kappa shape index (κ1) is 4.59. The molecular formula is C4H6O3. The quantitative estimate of drug-likeness (QED) is 0.407. The molecule has 1 unspecified atom stereocenters. The topological polar surface area (TPSA) is 35.5 Å². The highest BCUT2D eigenvalue weighted by molar-refractivity contribution is 5.72. The Hall–Kier alpha value is -0.570. The largest absolute Gasteiger partial charge is 0.347 e. The van der Waals surface area contributed by atoms with Crippen LogP contribution in [0.5, 0.6) is 0 Å². The van der Waals surface area contributed by atoms with Gasteiger partial charge in [-0.25, -0.2) is 4.79 Å². The summed E-state index contributed by atoms with van der Waals surface area (Å²) in [6.07, 6.45) is 0. The van der Waals surface area contributed by atoms with E-state index in [1.165, 1.54) is 0 Å². The Morgan fingerprint density at radius 1 is 1.86 bits per heavy atom. The highest BCUT2D eigenvalue weighted by atomic mass is 17.2. The SMILES string of the molecule is CC1COOC1=O. The average Bonchev–Trinajstić information content (AvgIpc) is 1.91. The van der Waals surface area contributed by atoms with Crippen molar-refractivity contribution in [3.63, 3.8) is 0 Å². The molecule has 3 heteroatoms. The first-order chi connectivity index (χ1) is 3.30. The van der Waals surface area contributed by atoms with Crippen molar-refractivity contribution in [3.05, 3.63) is 0 Å². The summed E-state index contributed by atoms with van der Waals surface area (Å²) in [5, 5.41) is 0. The van der Waals surface area contributed by atoms with Crippen molar-refractivity contribution < 1.29 is 14.6 Å². The molecule has 0 aliphatic carbocycles. The van der Waals surface area contributed by atoms with Gasteiger partial charge in [0.05, 0.1) is 5.92 Å². The van der Waals surface area contributed by atoms with Crippen molar-refractivity contribution in [1.29, 1.82) is 0 Å². The molecule has 0 aromatic rings. The number of rotatable bonds is 0. The summed E-state index contributed by atoms with van der Waals surface area (Å²) in [5.74, 6) is -0.333. The maximum Gasteiger partial charge on any atom is 0.347 e. The van der Waals surface area contributed by atoms with Gasteiger partial charge in [-0.1, -0.05) is 0 Å². The van der Waals surface area contributed by atoms with Gasteiger partial charge in [0.2, 0.25) is 0 Å². The van der Waals surface area contributed by atoms with Crippen molar-refractivity contribution in [2.75, 3.05) is 6.61 Å². The Morgan fingerprint density at radius 2 is 2.57 bits per heavy atom. The Kier molecular flexibility index (Phi) is 0.982. The maximum absolute atomic E-state index is 10.2. The smallest absolute Gasteiger partial charge is 0.298 e. The van der Waals surface area contributed by atoms with E-state index in [0.29, 0.717) is 6.61 Å². The van der Waals surface area contributed by atoms with Crippen molar-refractivity contribution in [2.45, 2.75) is 6.92 Å². The number of hydrogen-bond acceptors (Lipinski definition) is 3. The normalized spacial score (nSPS) is 30.4. The molecule has 0 saturated carbocycles. The van der Waals surface area contributed by atoms with Crippen LogP contribution in [0.15, 0.2) is 0 Å². The molecule has 0 spiro atoms. The van der Waals surface area contributed by atoms with Crippen molar-refractivity contribution in [2.24, 2.45) is 5.92 Å². The maximum atomic E-state index is 10.2. The molecule has 3 nitrogen and oxygen atoms in total. The Bertz CT molecular complexity index is 88.9. The van der Waals surface area contributed by atoms with Crippen LogP contribution >= 0.6 is 0 Å². The monoisotopic (exact) mass is 102 g/mol. The van der Waals surface area contributed by atoms with Crippen LogP contribution in [0.2, 0.25) is 0 Å². The van der Waals surface area contributed by atoms with Crippen molar-refractivity contribution in [1.82, 2.24) is 0 Å². The summed E-state index contributed by atoms with van der Waals surface area (Å²) in [5.41, 5.74) is 0. The minimum absolute atomic E-state index is 0.0694. The van der Waals surface area contributed by atoms with Crippen LogP contribution in [0, 0.1) is 5.92 Å². The zero-order chi connectivity index (χ0) is 5.28. The van der Waals surface area contributed by atoms with Crippen molar-refractivity contribution >= 4 is 5.97 Å². The molecule has 0 radical (unpaired) electrons. The molecule has 1 aliphatic rings. The lowest BCUT2D eigenvalue weighted by atomic mass is 10.2. The standard InChI is InChI=1S/C4H6O3/c1-3-2-6-7-4(3)5/h3H,2H2,1H3. The van der Waals surface area contributed by atoms with Gasteiger partial charge in [0.1, 0.15) is 6.61 Å². The minimum atomic E-state index is -0.264. The van der Waals surface area contributed by atoms with Crippen LogP contribution in [-0.4, -0.2) is 12.6 Å². The molecule has 0 amide bonds. The Balaban J connectivity index is 2.48. The summed E-state index contributed by atoms with van der Waals surface area (Å²) in [4.78, 5) is 18.7. The van der Waals surface area contributed by atoms with Gasteiger partial charge in [-0.05, 0) is 6.92 Å². The van der Waals surface area contributed by atoms with Gasteiger partial charge in [-0.15, -0.1) is 0 Å². The molecule has 1 saturated heterocycles. The lowest BCUT2D eigenvalue weighted by molar-refractivity contribution is -0.240. The third kappa shape index (κ3) is 0.718. The molecule has 0 aromatic heterocycles. The zero-order valence-corrected chi connectivity index (χ0v) is 4.01. The fourth-order valence-electron chi connectivity index (χ4n) is 0.344. The second kappa shape index (κ2) is 1.50. The van der Waals surface area contributed by atoms with E-state index in [0.717, 1.165) is 0 Å². The van der Waals surface area contributed by atoms with Gasteiger partial charge in [-0.2, -0.15) is 4.89 Å². The molecule has 1 aliphatic heterocycles. The lowest BCUT2D eigenvalue weighted by Gasteiger charge is -1.83. The number of hydrogen-bond donors (Lipinski definition) is 0. The summed E-state index contributed by atoms with van der Waals surface area (Å²) in [6, 6.07) is 0. The van der Waals surface area contributed by atoms with Crippen LogP contribution in [0.25, 0.3) is 0 Å². The average molecular weight is 102 g/mol. The minimum Gasteiger partial charge on any atom is -0.298 e. The Morgan fingerprint density at radius 3 is 2.71 bits per heavy atom. The lowest BCUT2D eigenvalue weighted by Crippen LogP contribution is -2.03. The fraction of sp³-hybridized carbons (Fsp3) is 0.750. The van der Waals surface area contributed by atoms with E-state index in [9.17, 15) is 4.79 Å². The van der Waals surface area contributed by atoms with Gasteiger partial charge < -0.3 is 0 Å². The summed E-state index contributed by atoms with van der Waals surface area (Å²) in [7, 11) is 0. The molecule has 40 valence electrons. The zero-order valence-electron chi connectivity index (χ0n) is 4.01. The van der Waals surface area contributed by atoms with E-state index >= 15 is 0 Å². The summed E-state index contributed by atoms with van der Waals surface area (Å²) >= 11 is 0. The van der Waals surface area contributed by atoms with E-state index in [4.69, 9.17) is 0 Å². The second-order valence-electron chi connectivity index (χ2n) is 1.59. The molecule has 1 rings (SSSR count). The second-order valence-corrected chi connectivity index (χ2v) is 1.59. The van der Waals surface area contributed by atoms with Gasteiger partial charge in [0.25, 0.3) is 0 Å². The van der Waals surface area contributed by atoms with Crippen LogP contribution in [0.1, 0.15) is 6.92 Å². The Labute approximate surface area is 41.1 Å². The van der Waals surface area contributed by atoms with Crippen LogP contribution in [0.3, 0.4) is 0 Å². The van der Waals surface area contributed by atoms with E-state index in [2.05, 4.69) is 9.78 Å². The first-order valence-electron chi connectivity index (χ1n) is 2.14. The highest BCUT2D eigenvalue weighted by Crippen LogP contribution is 2.06. The molecule has 1 atom stereocenters. The molecule has 7 heavy (non-hydrogen) atoms. The molecule has 0 bridgehead atoms. The third-order valence-electron chi connectivity index (χ3n) is 0.861. The van der Waals surface area contributed by atoms with E-state index < -0.39 is 0 Å². The molecular weight excluding hydrogens is 96.0 g/mol. The molecule has 1 fully saturated rings. The summed E-state index contributed by atoms with van der Waals surface area (Å²) < 4.78 is 0. The molecule has 0 N–H and O–H groups in total. The van der Waals surface area contributed by atoms with Gasteiger partial charge in [0, 0.05) is 0 Å². The predicted molar refractivity (Wildman–Crippen MR) is 21.2 cm³/mol. The third-order valence-corrected chi connectivity index (χ3v) is 0.861. The van der Waals surface area contributed by atoms with E-state index in [-0.39, 0.29) is 11.9 Å². The van der Waals surface area contributed by atoms with Crippen LogP contribution in [-0.2, 0) is 14.6 Å². The van der Waals surface area contributed by atoms with Crippen molar-refractivity contribution in [3.8, 4) is 0 Å². The van der Waals surface area contributed by atoms with Gasteiger partial charge >= 0.3 is 5.97 Å². The van der Waals surface area contributed by atoms with Gasteiger partial charge in [0.15, 0.2) is 0 Å².